The monoisotopic (exact) mass is 716 g/mol. The third-order valence-electron chi connectivity index (χ3n) is 11.0. The van der Waals surface area contributed by atoms with E-state index in [4.69, 9.17) is 15.2 Å². The molecule has 1 aliphatic carbocycles. The summed E-state index contributed by atoms with van der Waals surface area (Å²) in [7, 11) is 6.54. The summed E-state index contributed by atoms with van der Waals surface area (Å²) in [4.78, 5) is 57.6. The molecule has 15 heteroatoms. The lowest BCUT2D eigenvalue weighted by Gasteiger charge is -2.41. The van der Waals surface area contributed by atoms with E-state index in [0.29, 0.717) is 13.0 Å². The molecular weight excluding hydrogens is 651 g/mol. The molecule has 2 heterocycles. The van der Waals surface area contributed by atoms with E-state index in [-0.39, 0.29) is 47.9 Å². The second kappa shape index (κ2) is 19.7. The van der Waals surface area contributed by atoms with Gasteiger partial charge in [0.15, 0.2) is 0 Å². The van der Waals surface area contributed by atoms with Crippen LogP contribution in [0.5, 0.6) is 0 Å². The van der Waals surface area contributed by atoms with Gasteiger partial charge < -0.3 is 35.6 Å². The number of nitrogens with two attached hydrogens (primary N) is 1. The number of carbonyl (C=O) groups excluding carboxylic acids is 4. The number of likely N-dealkylation sites (tertiary alicyclic amines) is 1. The Balaban J connectivity index is 1.76. The Bertz CT molecular complexity index is 1310. The molecule has 4 N–H and O–H groups in total. The molecule has 1 fully saturated rings. The number of aromatic nitrogens is 3. The van der Waals surface area contributed by atoms with Crippen molar-refractivity contribution in [2.45, 2.75) is 143 Å². The van der Waals surface area contributed by atoms with Gasteiger partial charge in [-0.1, -0.05) is 66.5 Å². The Kier molecular flexibility index (Phi) is 16.4. The summed E-state index contributed by atoms with van der Waals surface area (Å²) in [6.07, 6.45) is 6.26. The summed E-state index contributed by atoms with van der Waals surface area (Å²) in [5.74, 6) is -2.02. The van der Waals surface area contributed by atoms with Gasteiger partial charge in [-0.05, 0) is 56.3 Å². The van der Waals surface area contributed by atoms with E-state index < -0.39 is 42.2 Å². The Morgan fingerprint density at radius 3 is 2.24 bits per heavy atom. The number of carbonyl (C=O) groups is 4. The summed E-state index contributed by atoms with van der Waals surface area (Å²) in [6.45, 7) is 14.1. The van der Waals surface area contributed by atoms with Crippen molar-refractivity contribution >= 4 is 31.2 Å². The topological polar surface area (TPSA) is 174 Å². The number of ether oxygens (including phenoxy) is 2. The van der Waals surface area contributed by atoms with Crippen LogP contribution in [0.25, 0.3) is 0 Å². The molecule has 51 heavy (non-hydrogen) atoms. The van der Waals surface area contributed by atoms with Crippen LogP contribution in [-0.2, 0) is 41.5 Å². The number of fused-ring (bicyclic) bond motifs is 1. The molecule has 1 aromatic rings. The van der Waals surface area contributed by atoms with Crippen LogP contribution in [-0.4, -0.2) is 120 Å². The molecule has 14 nitrogen and oxygen atoms in total. The molecular formula is C36H64BN8O6. The number of likely N-dealkylation sites (N-methyl/N-ethyl adjacent to an activating group) is 1. The standard InChI is InChI=1S/C36H64BN8O6/c1-11-23(6)32(28(50-9)20-29(46)44-19-15-18-27(44)33(51-10)24(7)34(38)47)43(8)36(49)31(22(4)5)39-35(48)30(21(2)3)40-37-45-26-17-14-12-13-16-25(26)41-42-45/h21-24,27-28,30-33,40H,11-20H2,1-10H3,(H2,38,47)(H,39,48)/t23-,24+,27-,28+,30?,31-,32-,33+/m0/s1. The molecule has 4 amide bonds. The van der Waals surface area contributed by atoms with Crippen molar-refractivity contribution in [1.82, 2.24) is 35.2 Å². The number of amides is 4. The lowest BCUT2D eigenvalue weighted by Crippen LogP contribution is -2.60. The fourth-order valence-corrected chi connectivity index (χ4v) is 7.68. The van der Waals surface area contributed by atoms with E-state index in [1.165, 1.54) is 7.11 Å². The summed E-state index contributed by atoms with van der Waals surface area (Å²) in [5.41, 5.74) is 7.68. The Labute approximate surface area is 305 Å². The first-order valence-corrected chi connectivity index (χ1v) is 18.9. The fraction of sp³-hybridized carbons (Fsp3) is 0.833. The molecule has 0 spiro atoms. The van der Waals surface area contributed by atoms with Gasteiger partial charge in [0, 0.05) is 33.5 Å². The molecule has 1 saturated heterocycles. The summed E-state index contributed by atoms with van der Waals surface area (Å²) >= 11 is 0. The zero-order chi connectivity index (χ0) is 38.0. The van der Waals surface area contributed by atoms with Gasteiger partial charge in [-0.25, -0.2) is 0 Å². The highest BCUT2D eigenvalue weighted by atomic mass is 16.5. The van der Waals surface area contributed by atoms with Crippen molar-refractivity contribution in [3.8, 4) is 0 Å². The Morgan fingerprint density at radius 2 is 1.65 bits per heavy atom. The lowest BCUT2D eigenvalue weighted by atomic mass is 9.89. The van der Waals surface area contributed by atoms with Crippen molar-refractivity contribution in [2.75, 3.05) is 27.8 Å². The molecule has 1 aliphatic heterocycles. The number of hydrogen-bond acceptors (Lipinski definition) is 9. The highest BCUT2D eigenvalue weighted by Crippen LogP contribution is 2.29. The van der Waals surface area contributed by atoms with Gasteiger partial charge >= 0.3 is 7.55 Å². The molecule has 287 valence electrons. The highest BCUT2D eigenvalue weighted by molar-refractivity contribution is 6.30. The van der Waals surface area contributed by atoms with E-state index in [1.54, 1.807) is 43.0 Å². The van der Waals surface area contributed by atoms with Crippen LogP contribution >= 0.6 is 0 Å². The van der Waals surface area contributed by atoms with Gasteiger partial charge in [-0.2, -0.15) is 0 Å². The van der Waals surface area contributed by atoms with E-state index in [1.807, 2.05) is 41.5 Å². The van der Waals surface area contributed by atoms with E-state index in [9.17, 15) is 19.2 Å². The first-order chi connectivity index (χ1) is 24.2. The quantitative estimate of drug-likeness (QED) is 0.143. The van der Waals surface area contributed by atoms with Crippen LogP contribution < -0.4 is 16.3 Å². The van der Waals surface area contributed by atoms with Crippen LogP contribution in [0.2, 0.25) is 0 Å². The number of nitrogens with one attached hydrogen (secondary N) is 2. The maximum absolute atomic E-state index is 14.3. The first-order valence-electron chi connectivity index (χ1n) is 18.9. The molecule has 1 aromatic heterocycles. The normalized spacial score (nSPS) is 20.5. The van der Waals surface area contributed by atoms with Crippen molar-refractivity contribution in [2.24, 2.45) is 29.4 Å². The maximum atomic E-state index is 14.3. The van der Waals surface area contributed by atoms with Gasteiger partial charge in [-0.3, -0.25) is 23.8 Å². The molecule has 0 aromatic carbocycles. The number of rotatable bonds is 19. The van der Waals surface area contributed by atoms with Crippen LogP contribution in [0.1, 0.15) is 105 Å². The third kappa shape index (κ3) is 10.5. The van der Waals surface area contributed by atoms with E-state index in [0.717, 1.165) is 56.3 Å². The zero-order valence-electron chi connectivity index (χ0n) is 32.7. The summed E-state index contributed by atoms with van der Waals surface area (Å²) < 4.78 is 13.4. The van der Waals surface area contributed by atoms with E-state index >= 15 is 0 Å². The van der Waals surface area contributed by atoms with Crippen molar-refractivity contribution < 1.29 is 28.7 Å². The molecule has 8 atom stereocenters. The van der Waals surface area contributed by atoms with Crippen LogP contribution in [0.4, 0.5) is 0 Å². The summed E-state index contributed by atoms with van der Waals surface area (Å²) in [6, 6.07) is -2.17. The van der Waals surface area contributed by atoms with Gasteiger partial charge in [0.05, 0.1) is 48.4 Å². The predicted octanol–water partition coefficient (Wildman–Crippen LogP) is 2.09. The Hall–Kier alpha value is -3.04. The van der Waals surface area contributed by atoms with Crippen LogP contribution in [0.15, 0.2) is 0 Å². The number of nitrogens with zero attached hydrogens (tertiary/aromatic N) is 5. The maximum Gasteiger partial charge on any atom is 0.377 e. The highest BCUT2D eigenvalue weighted by Gasteiger charge is 2.42. The molecule has 0 saturated carbocycles. The average Bonchev–Trinajstić information content (AvgIpc) is 3.66. The lowest BCUT2D eigenvalue weighted by molar-refractivity contribution is -0.147. The van der Waals surface area contributed by atoms with Crippen molar-refractivity contribution in [1.29, 1.82) is 0 Å². The fourth-order valence-electron chi connectivity index (χ4n) is 7.68. The minimum Gasteiger partial charge on any atom is -0.379 e. The Morgan fingerprint density at radius 1 is 0.980 bits per heavy atom. The van der Waals surface area contributed by atoms with Crippen LogP contribution in [0.3, 0.4) is 0 Å². The number of primary amides is 1. The number of aryl methyl sites for hydroxylation is 1. The molecule has 3 rings (SSSR count). The SMILES string of the molecule is CC[C@H](C)[C@@H]([C@@H](CC(=O)N1CCC[C@H]1[C@H](OC)[C@@H](C)C(N)=O)OC)N(C)C(=O)[C@@H](NC(=O)C(N[B]n1nnc2c1CCCCC2)C(C)C)C(C)C. The molecule has 1 radical (unpaired) electrons. The first kappa shape index (κ1) is 42.4. The number of methoxy groups -OCH3 is 2. The van der Waals surface area contributed by atoms with Gasteiger partial charge in [0.1, 0.15) is 6.04 Å². The third-order valence-corrected chi connectivity index (χ3v) is 11.0. The second-order valence-corrected chi connectivity index (χ2v) is 15.2. The van der Waals surface area contributed by atoms with Gasteiger partial charge in [0.25, 0.3) is 0 Å². The largest absolute Gasteiger partial charge is 0.379 e. The molecule has 1 unspecified atom stereocenters. The van der Waals surface area contributed by atoms with Crippen molar-refractivity contribution in [3.05, 3.63) is 11.4 Å². The van der Waals surface area contributed by atoms with E-state index in [2.05, 4.69) is 20.9 Å². The minimum atomic E-state index is -0.811. The van der Waals surface area contributed by atoms with Gasteiger partial charge in [0.2, 0.25) is 23.6 Å². The second-order valence-electron chi connectivity index (χ2n) is 15.2. The van der Waals surface area contributed by atoms with Gasteiger partial charge in [-0.15, -0.1) is 5.10 Å². The number of hydrogen-bond donors (Lipinski definition) is 3. The summed E-state index contributed by atoms with van der Waals surface area (Å²) in [5, 5.41) is 15.0. The predicted molar refractivity (Wildman–Crippen MR) is 196 cm³/mol. The minimum absolute atomic E-state index is 0.0197. The average molecular weight is 716 g/mol. The smallest absolute Gasteiger partial charge is 0.377 e. The molecule has 0 bridgehead atoms. The van der Waals surface area contributed by atoms with Crippen LogP contribution in [0, 0.1) is 23.7 Å². The zero-order valence-corrected chi connectivity index (χ0v) is 32.7. The molecule has 2 aliphatic rings. The van der Waals surface area contributed by atoms with Crippen molar-refractivity contribution in [3.63, 3.8) is 0 Å².